The molecule has 0 radical (unpaired) electrons. The molecule has 150 valence electrons. The van der Waals surface area contributed by atoms with Crippen LogP contribution in [-0.2, 0) is 0 Å². The predicted octanol–water partition coefficient (Wildman–Crippen LogP) is 3.28. The van der Waals surface area contributed by atoms with Gasteiger partial charge in [-0.25, -0.2) is 13.8 Å². The molecule has 6 nitrogen and oxygen atoms in total. The number of anilines is 2. The highest BCUT2D eigenvalue weighted by Crippen LogP contribution is 2.23. The zero-order chi connectivity index (χ0) is 20.3. The molecular formula is C20H25F2N5O. The van der Waals surface area contributed by atoms with Gasteiger partial charge in [0.15, 0.2) is 0 Å². The zero-order valence-corrected chi connectivity index (χ0v) is 16.3. The van der Waals surface area contributed by atoms with Crippen molar-refractivity contribution >= 4 is 17.7 Å². The van der Waals surface area contributed by atoms with Gasteiger partial charge in [-0.05, 0) is 44.7 Å². The quantitative estimate of drug-likeness (QED) is 0.821. The third kappa shape index (κ3) is 4.94. The van der Waals surface area contributed by atoms with E-state index in [1.54, 1.807) is 6.20 Å². The number of amides is 1. The van der Waals surface area contributed by atoms with Crippen molar-refractivity contribution in [1.29, 1.82) is 0 Å². The summed E-state index contributed by atoms with van der Waals surface area (Å²) >= 11 is 0. The Morgan fingerprint density at radius 1 is 1.07 bits per heavy atom. The highest BCUT2D eigenvalue weighted by atomic mass is 19.1. The molecule has 8 heteroatoms. The van der Waals surface area contributed by atoms with Gasteiger partial charge >= 0.3 is 0 Å². The largest absolute Gasteiger partial charge is 0.362 e. The van der Waals surface area contributed by atoms with Crippen molar-refractivity contribution < 1.29 is 13.6 Å². The maximum absolute atomic E-state index is 13.3. The average molecular weight is 389 g/mol. The van der Waals surface area contributed by atoms with Crippen LogP contribution in [0.3, 0.4) is 0 Å². The molecule has 3 rings (SSSR count). The Hall–Kier alpha value is -2.77. The summed E-state index contributed by atoms with van der Waals surface area (Å²) in [4.78, 5) is 23.1. The number of halogens is 2. The number of carbonyl (C=O) groups excluding carboxylic acids is 1. The van der Waals surface area contributed by atoms with Crippen molar-refractivity contribution in [2.45, 2.75) is 44.7 Å². The number of nitrogens with one attached hydrogen (secondary N) is 2. The lowest BCUT2D eigenvalue weighted by atomic mass is 9.91. The molecule has 28 heavy (non-hydrogen) atoms. The molecular weight excluding hydrogens is 364 g/mol. The van der Waals surface area contributed by atoms with Gasteiger partial charge in [0.2, 0.25) is 5.95 Å². The van der Waals surface area contributed by atoms with Crippen molar-refractivity contribution in [3.63, 3.8) is 0 Å². The lowest BCUT2D eigenvalue weighted by Crippen LogP contribution is -2.40. The average Bonchev–Trinajstić information content (AvgIpc) is 2.64. The van der Waals surface area contributed by atoms with Gasteiger partial charge in [0.25, 0.3) is 5.91 Å². The van der Waals surface area contributed by atoms with Crippen molar-refractivity contribution in [2.75, 3.05) is 24.3 Å². The fourth-order valence-corrected chi connectivity index (χ4v) is 3.47. The number of aromatic nitrogens is 2. The molecule has 1 heterocycles. The van der Waals surface area contributed by atoms with Crippen LogP contribution in [0.2, 0.25) is 0 Å². The molecule has 1 aromatic carbocycles. The fourth-order valence-electron chi connectivity index (χ4n) is 3.47. The molecule has 2 N–H and O–H groups in total. The van der Waals surface area contributed by atoms with Gasteiger partial charge in [-0.3, -0.25) is 4.79 Å². The summed E-state index contributed by atoms with van der Waals surface area (Å²) in [5, 5.41) is 6.23. The summed E-state index contributed by atoms with van der Waals surface area (Å²) < 4.78 is 26.6. The summed E-state index contributed by atoms with van der Waals surface area (Å²) in [5.41, 5.74) is 1.01. The number of rotatable bonds is 5. The van der Waals surface area contributed by atoms with Gasteiger partial charge in [0.05, 0.1) is 0 Å². The first kappa shape index (κ1) is 20.0. The topological polar surface area (TPSA) is 70.1 Å². The lowest BCUT2D eigenvalue weighted by Gasteiger charge is -2.30. The van der Waals surface area contributed by atoms with E-state index in [1.807, 2.05) is 25.9 Å². The summed E-state index contributed by atoms with van der Waals surface area (Å²) in [6.45, 7) is 1.97. The second-order valence-corrected chi connectivity index (χ2v) is 7.42. The van der Waals surface area contributed by atoms with Crippen LogP contribution in [0.25, 0.3) is 0 Å². The standard InChI is InChI=1S/C20H25F2N5O/c1-12-11-23-20(26-18(12)27(2)3)25-17-6-4-16(5-7-17)24-19(28)13-8-14(21)10-15(22)9-13/h8-11,16-17H,4-7H2,1-3H3,(H,24,28)(H,23,25,26)/t16-,17+. The number of benzene rings is 1. The second-order valence-electron chi connectivity index (χ2n) is 7.42. The van der Waals surface area contributed by atoms with E-state index in [9.17, 15) is 13.6 Å². The van der Waals surface area contributed by atoms with E-state index in [2.05, 4.69) is 20.6 Å². The molecule has 1 aliphatic rings. The Bertz CT molecular complexity index is 830. The highest BCUT2D eigenvalue weighted by molar-refractivity contribution is 5.94. The molecule has 2 aromatic rings. The Morgan fingerprint density at radius 3 is 2.29 bits per heavy atom. The van der Waals surface area contributed by atoms with Crippen molar-refractivity contribution in [1.82, 2.24) is 15.3 Å². The van der Waals surface area contributed by atoms with Crippen LogP contribution in [-0.4, -0.2) is 42.1 Å². The van der Waals surface area contributed by atoms with Gasteiger partial charge < -0.3 is 15.5 Å². The van der Waals surface area contributed by atoms with E-state index < -0.39 is 17.5 Å². The zero-order valence-electron chi connectivity index (χ0n) is 16.3. The molecule has 0 aliphatic heterocycles. The normalized spacial score (nSPS) is 19.2. The van der Waals surface area contributed by atoms with Crippen LogP contribution in [0.4, 0.5) is 20.5 Å². The smallest absolute Gasteiger partial charge is 0.251 e. The first-order chi connectivity index (χ1) is 13.3. The molecule has 1 aromatic heterocycles. The number of hydrogen-bond acceptors (Lipinski definition) is 5. The first-order valence-corrected chi connectivity index (χ1v) is 9.36. The summed E-state index contributed by atoms with van der Waals surface area (Å²) in [7, 11) is 3.88. The molecule has 1 amide bonds. The molecule has 0 saturated heterocycles. The van der Waals surface area contributed by atoms with Crippen LogP contribution in [0.15, 0.2) is 24.4 Å². The van der Waals surface area contributed by atoms with Gasteiger partial charge in [-0.15, -0.1) is 0 Å². The van der Waals surface area contributed by atoms with Crippen LogP contribution < -0.4 is 15.5 Å². The van der Waals surface area contributed by atoms with Crippen molar-refractivity contribution in [2.24, 2.45) is 0 Å². The molecule has 0 spiro atoms. The number of aryl methyl sites for hydroxylation is 1. The number of nitrogens with zero attached hydrogens (tertiary/aromatic N) is 3. The maximum atomic E-state index is 13.3. The number of carbonyl (C=O) groups is 1. The minimum absolute atomic E-state index is 0.00187. The minimum atomic E-state index is -0.756. The first-order valence-electron chi connectivity index (χ1n) is 9.36. The van der Waals surface area contributed by atoms with E-state index in [0.29, 0.717) is 5.95 Å². The van der Waals surface area contributed by atoms with Crippen LogP contribution in [0.1, 0.15) is 41.6 Å². The van der Waals surface area contributed by atoms with E-state index in [1.165, 1.54) is 0 Å². The Labute approximate surface area is 163 Å². The maximum Gasteiger partial charge on any atom is 0.251 e. The van der Waals surface area contributed by atoms with E-state index in [-0.39, 0.29) is 17.6 Å². The molecule has 1 saturated carbocycles. The minimum Gasteiger partial charge on any atom is -0.362 e. The molecule has 0 bridgehead atoms. The summed E-state index contributed by atoms with van der Waals surface area (Å²) in [5.74, 6) is -0.494. The Morgan fingerprint density at radius 2 is 1.68 bits per heavy atom. The summed E-state index contributed by atoms with van der Waals surface area (Å²) in [6, 6.07) is 3.04. The van der Waals surface area contributed by atoms with Gasteiger partial charge in [-0.1, -0.05) is 0 Å². The highest BCUT2D eigenvalue weighted by Gasteiger charge is 2.24. The lowest BCUT2D eigenvalue weighted by molar-refractivity contribution is 0.0925. The van der Waals surface area contributed by atoms with Crippen molar-refractivity contribution in [3.8, 4) is 0 Å². The van der Waals surface area contributed by atoms with E-state index in [0.717, 1.165) is 55.3 Å². The summed E-state index contributed by atoms with van der Waals surface area (Å²) in [6.07, 6.45) is 5.03. The van der Waals surface area contributed by atoms with Gasteiger partial charge in [0, 0.05) is 49.6 Å². The molecule has 0 atom stereocenters. The third-order valence-corrected chi connectivity index (χ3v) is 4.89. The SMILES string of the molecule is Cc1cnc(N[C@H]2CC[C@@H](NC(=O)c3cc(F)cc(F)c3)CC2)nc1N(C)C. The van der Waals surface area contributed by atoms with E-state index >= 15 is 0 Å². The van der Waals surface area contributed by atoms with Crippen LogP contribution >= 0.6 is 0 Å². The number of hydrogen-bond donors (Lipinski definition) is 2. The molecule has 1 aliphatic carbocycles. The van der Waals surface area contributed by atoms with Crippen LogP contribution in [0.5, 0.6) is 0 Å². The van der Waals surface area contributed by atoms with Gasteiger partial charge in [-0.2, -0.15) is 4.98 Å². The monoisotopic (exact) mass is 389 g/mol. The third-order valence-electron chi connectivity index (χ3n) is 4.89. The van der Waals surface area contributed by atoms with E-state index in [4.69, 9.17) is 0 Å². The predicted molar refractivity (Wildman–Crippen MR) is 105 cm³/mol. The molecule has 1 fully saturated rings. The Balaban J connectivity index is 1.53. The van der Waals surface area contributed by atoms with Crippen molar-refractivity contribution in [3.05, 3.63) is 47.2 Å². The van der Waals surface area contributed by atoms with Gasteiger partial charge in [0.1, 0.15) is 17.5 Å². The second kappa shape index (κ2) is 8.50. The van der Waals surface area contributed by atoms with Crippen LogP contribution in [0, 0.1) is 18.6 Å². The Kier molecular flexibility index (Phi) is 6.06. The molecule has 0 unspecified atom stereocenters. The fraction of sp³-hybridized carbons (Fsp3) is 0.450.